The van der Waals surface area contributed by atoms with Gasteiger partial charge in [0.2, 0.25) is 15.9 Å². The number of carbonyl (C=O) groups is 1. The summed E-state index contributed by atoms with van der Waals surface area (Å²) < 4.78 is 22.5. The van der Waals surface area contributed by atoms with Crippen LogP contribution in [0.25, 0.3) is 5.57 Å². The fourth-order valence-electron chi connectivity index (χ4n) is 2.18. The monoisotopic (exact) mass is 345 g/mol. The number of hydrogen-bond acceptors (Lipinski definition) is 4. The lowest BCUT2D eigenvalue weighted by molar-refractivity contribution is -0.117. The van der Waals surface area contributed by atoms with Crippen molar-refractivity contribution in [2.75, 3.05) is 0 Å². The Kier molecular flexibility index (Phi) is 5.48. The Morgan fingerprint density at radius 1 is 1.17 bits per heavy atom. The number of rotatable bonds is 5. The van der Waals surface area contributed by atoms with Gasteiger partial charge in [-0.05, 0) is 54.8 Å². The fraction of sp³-hybridized carbons (Fsp3) is 0.176. The summed E-state index contributed by atoms with van der Waals surface area (Å²) in [6, 6.07) is 9.49. The van der Waals surface area contributed by atoms with E-state index in [-0.39, 0.29) is 16.8 Å². The van der Waals surface area contributed by atoms with Crippen molar-refractivity contribution >= 4 is 21.5 Å². The van der Waals surface area contributed by atoms with Crippen molar-refractivity contribution in [3.05, 3.63) is 66.0 Å². The van der Waals surface area contributed by atoms with E-state index in [9.17, 15) is 13.2 Å². The molecule has 7 heteroatoms. The standard InChI is InChI=1S/C17H19N3O3S/c1-12(14-7-9-19-10-8-14)11-17(21)20-13(2)15-3-5-16(6-4-15)24(18,22)23/h3-11,13H,1-2H3,(H,20,21)(H2,18,22,23). The molecular weight excluding hydrogens is 326 g/mol. The first-order chi connectivity index (χ1) is 11.3. The molecule has 0 radical (unpaired) electrons. The van der Waals surface area contributed by atoms with E-state index in [0.29, 0.717) is 0 Å². The van der Waals surface area contributed by atoms with E-state index < -0.39 is 10.0 Å². The molecule has 0 aliphatic heterocycles. The maximum atomic E-state index is 12.1. The highest BCUT2D eigenvalue weighted by Crippen LogP contribution is 2.16. The first-order valence-electron chi connectivity index (χ1n) is 7.29. The van der Waals surface area contributed by atoms with Gasteiger partial charge in [-0.25, -0.2) is 13.6 Å². The molecular formula is C17H19N3O3S. The van der Waals surface area contributed by atoms with E-state index in [1.165, 1.54) is 18.2 Å². The zero-order valence-electron chi connectivity index (χ0n) is 13.4. The molecule has 1 aromatic carbocycles. The van der Waals surface area contributed by atoms with Gasteiger partial charge in [-0.1, -0.05) is 12.1 Å². The predicted molar refractivity (Wildman–Crippen MR) is 92.3 cm³/mol. The minimum atomic E-state index is -3.72. The molecule has 1 amide bonds. The number of benzene rings is 1. The molecule has 1 aromatic heterocycles. The summed E-state index contributed by atoms with van der Waals surface area (Å²) in [7, 11) is -3.72. The largest absolute Gasteiger partial charge is 0.346 e. The highest BCUT2D eigenvalue weighted by Gasteiger charge is 2.11. The third-order valence-electron chi connectivity index (χ3n) is 3.55. The summed E-state index contributed by atoms with van der Waals surface area (Å²) in [5.74, 6) is -0.229. The summed E-state index contributed by atoms with van der Waals surface area (Å²) in [6.45, 7) is 3.67. The van der Waals surface area contributed by atoms with E-state index in [0.717, 1.165) is 16.7 Å². The maximum Gasteiger partial charge on any atom is 0.244 e. The van der Waals surface area contributed by atoms with Gasteiger partial charge in [-0.2, -0.15) is 0 Å². The number of allylic oxidation sites excluding steroid dienone is 1. The summed E-state index contributed by atoms with van der Waals surface area (Å²) in [5, 5.41) is 7.91. The lowest BCUT2D eigenvalue weighted by Crippen LogP contribution is -2.25. The van der Waals surface area contributed by atoms with Crippen molar-refractivity contribution in [3.63, 3.8) is 0 Å². The molecule has 2 aromatic rings. The van der Waals surface area contributed by atoms with Gasteiger partial charge in [-0.3, -0.25) is 9.78 Å². The van der Waals surface area contributed by atoms with Crippen LogP contribution in [0, 0.1) is 0 Å². The Balaban J connectivity index is 2.06. The van der Waals surface area contributed by atoms with Crippen LogP contribution in [0.5, 0.6) is 0 Å². The molecule has 1 atom stereocenters. The summed E-state index contributed by atoms with van der Waals surface area (Å²) in [5.41, 5.74) is 2.53. The number of sulfonamides is 1. The van der Waals surface area contributed by atoms with Gasteiger partial charge < -0.3 is 5.32 Å². The molecule has 0 spiro atoms. The van der Waals surface area contributed by atoms with Gasteiger partial charge in [-0.15, -0.1) is 0 Å². The first-order valence-corrected chi connectivity index (χ1v) is 8.84. The van der Waals surface area contributed by atoms with Gasteiger partial charge in [0.1, 0.15) is 0 Å². The molecule has 0 bridgehead atoms. The van der Waals surface area contributed by atoms with Crippen LogP contribution in [-0.4, -0.2) is 19.3 Å². The van der Waals surface area contributed by atoms with E-state index in [2.05, 4.69) is 10.3 Å². The number of hydrogen-bond donors (Lipinski definition) is 2. The first kappa shape index (κ1) is 17.8. The number of nitrogens with zero attached hydrogens (tertiary/aromatic N) is 1. The Morgan fingerprint density at radius 3 is 2.29 bits per heavy atom. The van der Waals surface area contributed by atoms with Crippen LogP contribution in [-0.2, 0) is 14.8 Å². The van der Waals surface area contributed by atoms with Gasteiger partial charge in [0.25, 0.3) is 0 Å². The second-order valence-corrected chi connectivity index (χ2v) is 6.97. The fourth-order valence-corrected chi connectivity index (χ4v) is 2.69. The van der Waals surface area contributed by atoms with Crippen molar-refractivity contribution in [1.29, 1.82) is 0 Å². The molecule has 0 fully saturated rings. The number of nitrogens with one attached hydrogen (secondary N) is 1. The summed E-state index contributed by atoms with van der Waals surface area (Å²) in [4.78, 5) is 16.1. The summed E-state index contributed by atoms with van der Waals surface area (Å²) in [6.07, 6.45) is 4.85. The Labute approximate surface area is 141 Å². The topological polar surface area (TPSA) is 102 Å². The van der Waals surface area contributed by atoms with E-state index in [1.54, 1.807) is 24.5 Å². The Morgan fingerprint density at radius 2 is 1.75 bits per heavy atom. The zero-order valence-corrected chi connectivity index (χ0v) is 14.2. The van der Waals surface area contributed by atoms with E-state index in [1.807, 2.05) is 26.0 Å². The van der Waals surface area contributed by atoms with Crippen LogP contribution in [0.3, 0.4) is 0 Å². The van der Waals surface area contributed by atoms with Crippen LogP contribution in [0.15, 0.2) is 59.8 Å². The van der Waals surface area contributed by atoms with Crippen LogP contribution >= 0.6 is 0 Å². The molecule has 24 heavy (non-hydrogen) atoms. The number of aromatic nitrogens is 1. The minimum Gasteiger partial charge on any atom is -0.346 e. The Hall–Kier alpha value is -2.51. The molecule has 6 nitrogen and oxygen atoms in total. The minimum absolute atomic E-state index is 0.0400. The SMILES string of the molecule is CC(=CC(=O)NC(C)c1ccc(S(N)(=O)=O)cc1)c1ccncc1. The molecule has 3 N–H and O–H groups in total. The average Bonchev–Trinajstić information content (AvgIpc) is 2.54. The molecule has 1 unspecified atom stereocenters. The maximum absolute atomic E-state index is 12.1. The molecule has 126 valence electrons. The van der Waals surface area contributed by atoms with Gasteiger partial charge in [0.05, 0.1) is 10.9 Å². The number of primary sulfonamides is 1. The van der Waals surface area contributed by atoms with Crippen molar-refractivity contribution in [1.82, 2.24) is 10.3 Å². The molecule has 1 heterocycles. The number of pyridine rings is 1. The van der Waals surface area contributed by atoms with Gasteiger partial charge >= 0.3 is 0 Å². The van der Waals surface area contributed by atoms with E-state index >= 15 is 0 Å². The third kappa shape index (κ3) is 4.74. The Bertz CT molecular complexity index is 844. The lowest BCUT2D eigenvalue weighted by atomic mass is 10.1. The normalized spacial score (nSPS) is 13.4. The van der Waals surface area contributed by atoms with E-state index in [4.69, 9.17) is 5.14 Å². The predicted octanol–water partition coefficient (Wildman–Crippen LogP) is 2.01. The average molecular weight is 345 g/mol. The van der Waals surface area contributed by atoms with Crippen molar-refractivity contribution in [2.45, 2.75) is 24.8 Å². The molecule has 2 rings (SSSR count). The van der Waals surface area contributed by atoms with Gasteiger partial charge in [0.15, 0.2) is 0 Å². The van der Waals surface area contributed by atoms with Crippen molar-refractivity contribution in [3.8, 4) is 0 Å². The van der Waals surface area contributed by atoms with Crippen LogP contribution in [0.1, 0.15) is 31.0 Å². The van der Waals surface area contributed by atoms with Crippen LogP contribution in [0.2, 0.25) is 0 Å². The highest BCUT2D eigenvalue weighted by molar-refractivity contribution is 7.89. The molecule has 0 aliphatic carbocycles. The third-order valence-corrected chi connectivity index (χ3v) is 4.48. The number of amides is 1. The molecule has 0 saturated heterocycles. The zero-order chi connectivity index (χ0) is 17.7. The quantitative estimate of drug-likeness (QED) is 0.809. The second kappa shape index (κ2) is 7.37. The lowest BCUT2D eigenvalue weighted by Gasteiger charge is -2.14. The number of carbonyl (C=O) groups excluding carboxylic acids is 1. The van der Waals surface area contributed by atoms with Gasteiger partial charge in [0, 0.05) is 18.5 Å². The smallest absolute Gasteiger partial charge is 0.244 e. The molecule has 0 aliphatic rings. The molecule has 0 saturated carbocycles. The van der Waals surface area contributed by atoms with Crippen molar-refractivity contribution < 1.29 is 13.2 Å². The second-order valence-electron chi connectivity index (χ2n) is 5.41. The van der Waals surface area contributed by atoms with Crippen molar-refractivity contribution in [2.24, 2.45) is 5.14 Å². The number of nitrogens with two attached hydrogens (primary N) is 1. The van der Waals surface area contributed by atoms with Crippen LogP contribution in [0.4, 0.5) is 0 Å². The highest BCUT2D eigenvalue weighted by atomic mass is 32.2. The van der Waals surface area contributed by atoms with Crippen LogP contribution < -0.4 is 10.5 Å². The summed E-state index contributed by atoms with van der Waals surface area (Å²) >= 11 is 0.